The van der Waals surface area contributed by atoms with E-state index < -0.39 is 44.6 Å². The molecular formula is C11H9N3O9. The van der Waals surface area contributed by atoms with Crippen molar-refractivity contribution in [2.24, 2.45) is 5.16 Å². The van der Waals surface area contributed by atoms with Gasteiger partial charge in [-0.3, -0.25) is 20.2 Å². The van der Waals surface area contributed by atoms with Crippen molar-refractivity contribution in [1.82, 2.24) is 0 Å². The second-order valence-corrected chi connectivity index (χ2v) is 3.68. The van der Waals surface area contributed by atoms with Crippen molar-refractivity contribution in [3.8, 4) is 5.75 Å². The highest BCUT2D eigenvalue weighted by Gasteiger charge is 2.25. The number of rotatable bonds is 6. The van der Waals surface area contributed by atoms with E-state index >= 15 is 0 Å². The lowest BCUT2D eigenvalue weighted by Crippen LogP contribution is -2.27. The molecule has 0 unspecified atom stereocenters. The highest BCUT2D eigenvalue weighted by molar-refractivity contribution is 6.62. The fourth-order valence-corrected chi connectivity index (χ4v) is 1.29. The van der Waals surface area contributed by atoms with E-state index in [0.29, 0.717) is 6.07 Å². The first-order valence-electron chi connectivity index (χ1n) is 5.66. The summed E-state index contributed by atoms with van der Waals surface area (Å²) in [6, 6.07) is 2.46. The summed E-state index contributed by atoms with van der Waals surface area (Å²) < 4.78 is 8.56. The smallest absolute Gasteiger partial charge is 0.367 e. The minimum atomic E-state index is -1.19. The SMILES string of the molecule is COC(=O)C(=NOc1ccc([N+](=O)[O-])cc1[N+](=O)[O-])C(=O)OC. The molecule has 1 aromatic rings. The Kier molecular flexibility index (Phi) is 5.66. The third kappa shape index (κ3) is 4.20. The number of oxime groups is 1. The zero-order valence-corrected chi connectivity index (χ0v) is 11.7. The van der Waals surface area contributed by atoms with E-state index in [1.165, 1.54) is 0 Å². The van der Waals surface area contributed by atoms with E-state index in [1.807, 2.05) is 0 Å². The molecule has 0 saturated heterocycles. The molecule has 0 radical (unpaired) electrons. The maximum absolute atomic E-state index is 11.3. The van der Waals surface area contributed by atoms with Crippen molar-refractivity contribution in [2.45, 2.75) is 0 Å². The molecule has 0 spiro atoms. The molecule has 0 aliphatic rings. The number of carbonyl (C=O) groups excluding carboxylic acids is 2. The van der Waals surface area contributed by atoms with Gasteiger partial charge in [-0.05, 0) is 6.07 Å². The van der Waals surface area contributed by atoms with Crippen molar-refractivity contribution in [3.63, 3.8) is 0 Å². The van der Waals surface area contributed by atoms with E-state index in [0.717, 1.165) is 26.4 Å². The average Bonchev–Trinajstić information content (AvgIpc) is 2.53. The van der Waals surface area contributed by atoms with Gasteiger partial charge in [-0.25, -0.2) is 9.59 Å². The molecule has 0 aromatic heterocycles. The number of carbonyl (C=O) groups is 2. The van der Waals surface area contributed by atoms with Crippen molar-refractivity contribution < 1.29 is 33.7 Å². The zero-order chi connectivity index (χ0) is 17.6. The Morgan fingerprint density at radius 2 is 1.61 bits per heavy atom. The number of benzene rings is 1. The number of ether oxygens (including phenoxy) is 2. The zero-order valence-electron chi connectivity index (χ0n) is 11.7. The maximum Gasteiger partial charge on any atom is 0.367 e. The molecule has 12 nitrogen and oxygen atoms in total. The molecule has 0 atom stereocenters. The molecule has 1 rings (SSSR count). The first-order valence-corrected chi connectivity index (χ1v) is 5.66. The topological polar surface area (TPSA) is 160 Å². The first kappa shape index (κ1) is 17.5. The Bertz CT molecular complexity index is 680. The molecule has 1 aromatic carbocycles. The molecule has 0 saturated carbocycles. The van der Waals surface area contributed by atoms with E-state index in [2.05, 4.69) is 19.5 Å². The van der Waals surface area contributed by atoms with Crippen molar-refractivity contribution >= 4 is 29.0 Å². The van der Waals surface area contributed by atoms with Gasteiger partial charge in [-0.15, -0.1) is 0 Å². The molecule has 23 heavy (non-hydrogen) atoms. The molecule has 0 heterocycles. The van der Waals surface area contributed by atoms with Gasteiger partial charge in [-0.2, -0.15) is 0 Å². The molecule has 0 bridgehead atoms. The van der Waals surface area contributed by atoms with E-state index in [9.17, 15) is 29.8 Å². The number of non-ortho nitro benzene ring substituents is 1. The molecule has 12 heteroatoms. The number of hydrogen-bond donors (Lipinski definition) is 0. The van der Waals surface area contributed by atoms with Gasteiger partial charge in [0.05, 0.1) is 30.1 Å². The van der Waals surface area contributed by atoms with Crippen LogP contribution in [0.4, 0.5) is 11.4 Å². The standard InChI is InChI=1S/C11H9N3O9/c1-21-10(15)9(11(16)22-2)12-23-8-4-3-6(13(17)18)5-7(8)14(19)20/h3-5H,1-2H3. The minimum Gasteiger partial charge on any atom is -0.464 e. The van der Waals surface area contributed by atoms with Crippen LogP contribution in [0, 0.1) is 20.2 Å². The Labute approximate surface area is 127 Å². The molecule has 122 valence electrons. The minimum absolute atomic E-state index is 0.522. The maximum atomic E-state index is 11.3. The van der Waals surface area contributed by atoms with E-state index in [-0.39, 0.29) is 0 Å². The molecular weight excluding hydrogens is 318 g/mol. The van der Waals surface area contributed by atoms with Crippen molar-refractivity contribution in [1.29, 1.82) is 0 Å². The molecule has 0 aliphatic carbocycles. The van der Waals surface area contributed by atoms with Gasteiger partial charge in [0, 0.05) is 6.07 Å². The van der Waals surface area contributed by atoms with Gasteiger partial charge in [0.2, 0.25) is 5.75 Å². The van der Waals surface area contributed by atoms with Crippen LogP contribution in [0.5, 0.6) is 5.75 Å². The summed E-state index contributed by atoms with van der Waals surface area (Å²) in [4.78, 5) is 47.0. The van der Waals surface area contributed by atoms with Crippen LogP contribution < -0.4 is 4.84 Å². The first-order chi connectivity index (χ1) is 10.8. The molecule has 0 amide bonds. The number of nitrogens with zero attached hydrogens (tertiary/aromatic N) is 3. The van der Waals surface area contributed by atoms with E-state index in [4.69, 9.17) is 0 Å². The fraction of sp³-hybridized carbons (Fsp3) is 0.182. The van der Waals surface area contributed by atoms with Crippen LogP contribution in [0.25, 0.3) is 0 Å². The second-order valence-electron chi connectivity index (χ2n) is 3.68. The van der Waals surface area contributed by atoms with Crippen molar-refractivity contribution in [2.75, 3.05) is 14.2 Å². The normalized spacial score (nSPS) is 9.48. The third-order valence-electron chi connectivity index (χ3n) is 2.34. The Balaban J connectivity index is 3.23. The van der Waals surface area contributed by atoms with Crippen LogP contribution in [0.3, 0.4) is 0 Å². The molecule has 0 N–H and O–H groups in total. The summed E-state index contributed by atoms with van der Waals surface area (Å²) in [7, 11) is 1.93. The van der Waals surface area contributed by atoms with Crippen LogP contribution in [0.2, 0.25) is 0 Å². The number of hydrogen-bond acceptors (Lipinski definition) is 10. The quantitative estimate of drug-likeness (QED) is 0.239. The van der Waals surface area contributed by atoms with Gasteiger partial charge in [0.1, 0.15) is 0 Å². The van der Waals surface area contributed by atoms with Crippen LogP contribution >= 0.6 is 0 Å². The summed E-state index contributed by atoms with van der Waals surface area (Å²) >= 11 is 0. The lowest BCUT2D eigenvalue weighted by Gasteiger charge is -2.03. The van der Waals surface area contributed by atoms with E-state index in [1.54, 1.807) is 0 Å². The van der Waals surface area contributed by atoms with Crippen LogP contribution in [0.1, 0.15) is 0 Å². The lowest BCUT2D eigenvalue weighted by molar-refractivity contribution is -0.394. The monoisotopic (exact) mass is 327 g/mol. The summed E-state index contributed by atoms with van der Waals surface area (Å²) in [5.74, 6) is -2.91. The number of methoxy groups -OCH3 is 2. The van der Waals surface area contributed by atoms with Gasteiger partial charge in [0.15, 0.2) is 0 Å². The molecule has 0 aliphatic heterocycles. The molecule has 0 fully saturated rings. The van der Waals surface area contributed by atoms with Crippen LogP contribution in [-0.2, 0) is 19.1 Å². The van der Waals surface area contributed by atoms with Gasteiger partial charge < -0.3 is 14.3 Å². The van der Waals surface area contributed by atoms with Crippen LogP contribution in [-0.4, -0.2) is 41.7 Å². The summed E-state index contributed by atoms with van der Waals surface area (Å²) in [5, 5.41) is 24.6. The van der Waals surface area contributed by atoms with Gasteiger partial charge in [-0.1, -0.05) is 5.16 Å². The Morgan fingerprint density at radius 3 is 2.04 bits per heavy atom. The average molecular weight is 327 g/mol. The predicted molar refractivity (Wildman–Crippen MR) is 71.8 cm³/mol. The number of nitro groups is 2. The highest BCUT2D eigenvalue weighted by atomic mass is 16.7. The summed E-state index contributed by atoms with van der Waals surface area (Å²) in [6.07, 6.45) is 0. The van der Waals surface area contributed by atoms with Crippen LogP contribution in [0.15, 0.2) is 23.4 Å². The second kappa shape index (κ2) is 7.44. The lowest BCUT2D eigenvalue weighted by atomic mass is 10.2. The van der Waals surface area contributed by atoms with Crippen molar-refractivity contribution in [3.05, 3.63) is 38.4 Å². The highest BCUT2D eigenvalue weighted by Crippen LogP contribution is 2.31. The number of esters is 2. The van der Waals surface area contributed by atoms with Gasteiger partial charge >= 0.3 is 17.6 Å². The Morgan fingerprint density at radius 1 is 1.04 bits per heavy atom. The van der Waals surface area contributed by atoms with Gasteiger partial charge in [0.25, 0.3) is 11.4 Å². The predicted octanol–water partition coefficient (Wildman–Crippen LogP) is 0.584. The largest absolute Gasteiger partial charge is 0.464 e. The summed E-state index contributed by atoms with van der Waals surface area (Å²) in [5.41, 5.74) is -2.23. The number of nitro benzene ring substituents is 2. The summed E-state index contributed by atoms with van der Waals surface area (Å²) in [6.45, 7) is 0. The third-order valence-corrected chi connectivity index (χ3v) is 2.34. The fourth-order valence-electron chi connectivity index (χ4n) is 1.29. The Hall–Kier alpha value is -3.57.